The number of aromatic nitrogens is 3. The molecule has 19 heavy (non-hydrogen) atoms. The van der Waals surface area contributed by atoms with Gasteiger partial charge in [0.1, 0.15) is 10.7 Å². The van der Waals surface area contributed by atoms with E-state index in [0.717, 1.165) is 11.4 Å². The SMILES string of the molecule is CCCc1nn(C)c(NCc2nccs2)c1[N+](=O)[O-]. The number of aryl methyl sites for hydroxylation is 2. The molecule has 8 heteroatoms. The van der Waals surface area contributed by atoms with Gasteiger partial charge >= 0.3 is 5.69 Å². The summed E-state index contributed by atoms with van der Waals surface area (Å²) in [5.41, 5.74) is 0.595. The van der Waals surface area contributed by atoms with Crippen molar-refractivity contribution in [1.82, 2.24) is 14.8 Å². The second-order valence-corrected chi connectivity index (χ2v) is 5.03. The van der Waals surface area contributed by atoms with Crippen LogP contribution in [0.25, 0.3) is 0 Å². The van der Waals surface area contributed by atoms with Crippen LogP contribution in [0.1, 0.15) is 24.0 Å². The van der Waals surface area contributed by atoms with Gasteiger partial charge in [-0.2, -0.15) is 5.10 Å². The number of thiazole rings is 1. The molecule has 0 spiro atoms. The lowest BCUT2D eigenvalue weighted by atomic mass is 10.2. The van der Waals surface area contributed by atoms with E-state index in [1.807, 2.05) is 12.3 Å². The van der Waals surface area contributed by atoms with Gasteiger partial charge in [-0.05, 0) is 6.42 Å². The van der Waals surface area contributed by atoms with E-state index < -0.39 is 0 Å². The summed E-state index contributed by atoms with van der Waals surface area (Å²) in [6.07, 6.45) is 3.13. The zero-order chi connectivity index (χ0) is 13.8. The number of nitrogens with one attached hydrogen (secondary N) is 1. The summed E-state index contributed by atoms with van der Waals surface area (Å²) in [4.78, 5) is 15.0. The van der Waals surface area contributed by atoms with Gasteiger partial charge in [-0.25, -0.2) is 9.67 Å². The molecule has 0 radical (unpaired) electrons. The Kier molecular flexibility index (Phi) is 4.10. The first-order chi connectivity index (χ1) is 9.13. The number of hydrogen-bond acceptors (Lipinski definition) is 6. The fourth-order valence-electron chi connectivity index (χ4n) is 1.86. The van der Waals surface area contributed by atoms with Crippen molar-refractivity contribution in [3.05, 3.63) is 32.4 Å². The van der Waals surface area contributed by atoms with Crippen molar-refractivity contribution in [2.24, 2.45) is 7.05 Å². The zero-order valence-electron chi connectivity index (χ0n) is 10.8. The molecule has 2 heterocycles. The molecule has 0 fully saturated rings. The van der Waals surface area contributed by atoms with Crippen LogP contribution in [0.5, 0.6) is 0 Å². The molecule has 0 bridgehead atoms. The number of nitrogens with zero attached hydrogens (tertiary/aromatic N) is 4. The molecule has 2 aromatic rings. The topological polar surface area (TPSA) is 85.9 Å². The Labute approximate surface area is 114 Å². The third kappa shape index (κ3) is 2.90. The van der Waals surface area contributed by atoms with E-state index in [0.29, 0.717) is 24.5 Å². The molecule has 102 valence electrons. The van der Waals surface area contributed by atoms with Crippen molar-refractivity contribution in [3.8, 4) is 0 Å². The molecule has 1 N–H and O–H groups in total. The predicted octanol–water partition coefficient (Wildman–Crippen LogP) is 2.35. The Morgan fingerprint density at radius 3 is 2.95 bits per heavy atom. The molecule has 0 unspecified atom stereocenters. The number of rotatable bonds is 6. The minimum atomic E-state index is -0.373. The zero-order valence-corrected chi connectivity index (χ0v) is 11.6. The molecule has 0 aliphatic rings. The van der Waals surface area contributed by atoms with Crippen LogP contribution >= 0.6 is 11.3 Å². The average Bonchev–Trinajstić information content (AvgIpc) is 2.95. The summed E-state index contributed by atoms with van der Waals surface area (Å²) in [7, 11) is 1.70. The first-order valence-corrected chi connectivity index (χ1v) is 6.84. The van der Waals surface area contributed by atoms with E-state index in [-0.39, 0.29) is 10.6 Å². The largest absolute Gasteiger partial charge is 0.358 e. The normalized spacial score (nSPS) is 10.6. The highest BCUT2D eigenvalue weighted by molar-refractivity contribution is 7.09. The van der Waals surface area contributed by atoms with Gasteiger partial charge in [0.25, 0.3) is 0 Å². The van der Waals surface area contributed by atoms with E-state index >= 15 is 0 Å². The summed E-state index contributed by atoms with van der Waals surface area (Å²) in [5.74, 6) is 0.434. The van der Waals surface area contributed by atoms with Crippen molar-refractivity contribution in [1.29, 1.82) is 0 Å². The molecular weight excluding hydrogens is 266 g/mol. The molecule has 0 amide bonds. The van der Waals surface area contributed by atoms with Gasteiger partial charge in [-0.15, -0.1) is 11.3 Å². The third-order valence-corrected chi connectivity index (χ3v) is 3.43. The molecule has 0 aliphatic carbocycles. The predicted molar refractivity (Wildman–Crippen MR) is 73.3 cm³/mol. The highest BCUT2D eigenvalue weighted by Gasteiger charge is 2.25. The average molecular weight is 281 g/mol. The fraction of sp³-hybridized carbons (Fsp3) is 0.455. The van der Waals surface area contributed by atoms with Gasteiger partial charge in [0.2, 0.25) is 5.82 Å². The molecule has 2 rings (SSSR count). The molecular formula is C11H15N5O2S. The quantitative estimate of drug-likeness (QED) is 0.649. The summed E-state index contributed by atoms with van der Waals surface area (Å²) in [5, 5.41) is 21.2. The summed E-state index contributed by atoms with van der Waals surface area (Å²) in [6.45, 7) is 2.44. The lowest BCUT2D eigenvalue weighted by Gasteiger charge is -2.03. The van der Waals surface area contributed by atoms with Crippen LogP contribution in [-0.2, 0) is 20.0 Å². The van der Waals surface area contributed by atoms with Gasteiger partial charge in [0.15, 0.2) is 0 Å². The molecule has 0 saturated heterocycles. The van der Waals surface area contributed by atoms with Gasteiger partial charge in [-0.3, -0.25) is 10.1 Å². The van der Waals surface area contributed by atoms with Crippen LogP contribution in [0.3, 0.4) is 0 Å². The van der Waals surface area contributed by atoms with Crippen LogP contribution < -0.4 is 5.32 Å². The maximum Gasteiger partial charge on any atom is 0.334 e. The molecule has 0 atom stereocenters. The van der Waals surface area contributed by atoms with Gasteiger partial charge < -0.3 is 5.32 Å². The highest BCUT2D eigenvalue weighted by atomic mass is 32.1. The lowest BCUT2D eigenvalue weighted by Crippen LogP contribution is -2.06. The summed E-state index contributed by atoms with van der Waals surface area (Å²) >= 11 is 1.51. The van der Waals surface area contributed by atoms with Crippen LogP contribution in [-0.4, -0.2) is 19.7 Å². The monoisotopic (exact) mass is 281 g/mol. The Balaban J connectivity index is 2.25. The first-order valence-electron chi connectivity index (χ1n) is 5.96. The van der Waals surface area contributed by atoms with Gasteiger partial charge in [0, 0.05) is 18.6 Å². The van der Waals surface area contributed by atoms with Crippen molar-refractivity contribution in [2.75, 3.05) is 5.32 Å². The summed E-state index contributed by atoms with van der Waals surface area (Å²) in [6, 6.07) is 0. The summed E-state index contributed by atoms with van der Waals surface area (Å²) < 4.78 is 1.52. The Hall–Kier alpha value is -1.96. The van der Waals surface area contributed by atoms with E-state index in [1.165, 1.54) is 16.0 Å². The standard InChI is InChI=1S/C11H15N5O2S/c1-3-4-8-10(16(17)18)11(15(2)14-8)13-7-9-12-5-6-19-9/h5-6,13H,3-4,7H2,1-2H3. The molecule has 2 aromatic heterocycles. The van der Waals surface area contributed by atoms with E-state index in [2.05, 4.69) is 15.4 Å². The van der Waals surface area contributed by atoms with E-state index in [4.69, 9.17) is 0 Å². The fourth-order valence-corrected chi connectivity index (χ4v) is 2.42. The van der Waals surface area contributed by atoms with Crippen molar-refractivity contribution in [2.45, 2.75) is 26.3 Å². The number of hydrogen-bond donors (Lipinski definition) is 1. The smallest absolute Gasteiger partial charge is 0.334 e. The van der Waals surface area contributed by atoms with Crippen LogP contribution in [0.2, 0.25) is 0 Å². The van der Waals surface area contributed by atoms with Crippen LogP contribution in [0, 0.1) is 10.1 Å². The van der Waals surface area contributed by atoms with Crippen molar-refractivity contribution in [3.63, 3.8) is 0 Å². The van der Waals surface area contributed by atoms with E-state index in [9.17, 15) is 10.1 Å². The highest BCUT2D eigenvalue weighted by Crippen LogP contribution is 2.29. The second-order valence-electron chi connectivity index (χ2n) is 4.05. The van der Waals surface area contributed by atoms with Crippen LogP contribution in [0.15, 0.2) is 11.6 Å². The minimum Gasteiger partial charge on any atom is -0.358 e. The van der Waals surface area contributed by atoms with Gasteiger partial charge in [0.05, 0.1) is 11.5 Å². The molecule has 0 saturated carbocycles. The lowest BCUT2D eigenvalue weighted by molar-refractivity contribution is -0.384. The first kappa shape index (κ1) is 13.5. The second kappa shape index (κ2) is 5.79. The molecule has 7 nitrogen and oxygen atoms in total. The number of nitro groups is 1. The molecule has 0 aliphatic heterocycles. The van der Waals surface area contributed by atoms with E-state index in [1.54, 1.807) is 13.2 Å². The van der Waals surface area contributed by atoms with Crippen molar-refractivity contribution < 1.29 is 4.92 Å². The number of anilines is 1. The van der Waals surface area contributed by atoms with Crippen LogP contribution in [0.4, 0.5) is 11.5 Å². The maximum atomic E-state index is 11.2. The molecule has 0 aromatic carbocycles. The maximum absolute atomic E-state index is 11.2. The Bertz CT molecular complexity index is 564. The van der Waals surface area contributed by atoms with Crippen molar-refractivity contribution >= 4 is 22.8 Å². The Morgan fingerprint density at radius 1 is 1.58 bits per heavy atom. The Morgan fingerprint density at radius 2 is 2.37 bits per heavy atom. The third-order valence-electron chi connectivity index (χ3n) is 2.65. The van der Waals surface area contributed by atoms with Gasteiger partial charge in [-0.1, -0.05) is 13.3 Å². The minimum absolute atomic E-state index is 0.0703.